The average Bonchev–Trinajstić information content (AvgIpc) is 2.45. The Labute approximate surface area is 135 Å². The van der Waals surface area contributed by atoms with Gasteiger partial charge in [-0.3, -0.25) is 4.79 Å². The summed E-state index contributed by atoms with van der Waals surface area (Å²) in [6.07, 6.45) is 3.19. The summed E-state index contributed by atoms with van der Waals surface area (Å²) >= 11 is 6.98. The van der Waals surface area contributed by atoms with E-state index >= 15 is 0 Å². The molecule has 114 valence electrons. The lowest BCUT2D eigenvalue weighted by Crippen LogP contribution is -2.05. The first kappa shape index (κ1) is 16.6. The van der Waals surface area contributed by atoms with Gasteiger partial charge in [0.05, 0.1) is 17.2 Å². The van der Waals surface area contributed by atoms with Gasteiger partial charge >= 0.3 is 0 Å². The molecule has 0 aliphatic rings. The number of aromatic nitrogens is 1. The lowest BCUT2D eigenvalue weighted by molar-refractivity contribution is 0.100. The molecule has 0 atom stereocenters. The number of pyridine rings is 1. The van der Waals surface area contributed by atoms with Gasteiger partial charge in [-0.05, 0) is 30.5 Å². The highest BCUT2D eigenvalue weighted by Gasteiger charge is 2.11. The van der Waals surface area contributed by atoms with E-state index in [1.54, 1.807) is 12.3 Å². The molecule has 0 radical (unpaired) electrons. The zero-order valence-electron chi connectivity index (χ0n) is 11.5. The van der Waals surface area contributed by atoms with E-state index in [2.05, 4.69) is 9.98 Å². The number of nitrogens with zero attached hydrogens (tertiary/aromatic N) is 2. The van der Waals surface area contributed by atoms with E-state index in [9.17, 15) is 13.6 Å². The number of benzene rings is 1. The molecule has 0 bridgehead atoms. The van der Waals surface area contributed by atoms with E-state index in [4.69, 9.17) is 11.6 Å². The van der Waals surface area contributed by atoms with E-state index < -0.39 is 11.6 Å². The summed E-state index contributed by atoms with van der Waals surface area (Å²) in [5, 5.41) is 0.670. The molecule has 0 N–H and O–H groups in total. The molecule has 0 spiro atoms. The van der Waals surface area contributed by atoms with Crippen LogP contribution in [0.3, 0.4) is 0 Å². The Hall–Kier alpha value is -1.79. The molecule has 0 saturated carbocycles. The van der Waals surface area contributed by atoms with Crippen molar-refractivity contribution in [2.45, 2.75) is 6.42 Å². The minimum Gasteiger partial charge on any atom is -0.294 e. The predicted molar refractivity (Wildman–Crippen MR) is 85.2 cm³/mol. The van der Waals surface area contributed by atoms with Gasteiger partial charge in [0, 0.05) is 17.8 Å². The molecule has 22 heavy (non-hydrogen) atoms. The number of thioether (sulfide) groups is 1. The van der Waals surface area contributed by atoms with E-state index in [1.807, 2.05) is 0 Å². The molecule has 0 aliphatic heterocycles. The third-order valence-electron chi connectivity index (χ3n) is 2.70. The molecular formula is C15H11ClF2N2OS. The molecule has 2 aromatic rings. The highest BCUT2D eigenvalue weighted by Crippen LogP contribution is 2.20. The van der Waals surface area contributed by atoms with E-state index in [0.29, 0.717) is 10.6 Å². The summed E-state index contributed by atoms with van der Waals surface area (Å²) in [6, 6.07) is 5.99. The molecule has 0 aliphatic carbocycles. The Morgan fingerprint density at radius 1 is 1.27 bits per heavy atom. The van der Waals surface area contributed by atoms with Crippen LogP contribution in [0.5, 0.6) is 0 Å². The van der Waals surface area contributed by atoms with Crippen molar-refractivity contribution in [3.05, 3.63) is 58.9 Å². The highest BCUT2D eigenvalue weighted by molar-refractivity contribution is 8.13. The standard InChI is InChI=1S/C15H11ClF2N2OS/c1-22-15(20-12-6-10(17)5-11(18)7-12)8-13(21)9-2-3-19-14(16)4-9/h2-7H,8H2,1H3. The number of ketones is 1. The van der Waals surface area contributed by atoms with Crippen molar-refractivity contribution < 1.29 is 13.6 Å². The molecule has 1 heterocycles. The van der Waals surface area contributed by atoms with Crippen molar-refractivity contribution in [3.63, 3.8) is 0 Å². The summed E-state index contributed by atoms with van der Waals surface area (Å²) in [4.78, 5) is 20.1. The van der Waals surface area contributed by atoms with Crippen LogP contribution in [-0.4, -0.2) is 22.1 Å². The maximum Gasteiger partial charge on any atom is 0.169 e. The normalized spacial score (nSPS) is 11.5. The monoisotopic (exact) mass is 340 g/mol. The van der Waals surface area contributed by atoms with Gasteiger partial charge in [0.1, 0.15) is 16.8 Å². The van der Waals surface area contributed by atoms with E-state index in [-0.39, 0.29) is 23.0 Å². The zero-order valence-corrected chi connectivity index (χ0v) is 13.1. The van der Waals surface area contributed by atoms with Gasteiger partial charge in [-0.25, -0.2) is 18.8 Å². The summed E-state index contributed by atoms with van der Waals surface area (Å²) in [6.45, 7) is 0. The van der Waals surface area contributed by atoms with Crippen molar-refractivity contribution >= 4 is 39.9 Å². The molecule has 0 unspecified atom stereocenters. The van der Waals surface area contributed by atoms with Crippen LogP contribution in [0, 0.1) is 11.6 Å². The van der Waals surface area contributed by atoms with Gasteiger partial charge in [-0.15, -0.1) is 11.8 Å². The third-order valence-corrected chi connectivity index (χ3v) is 3.61. The fourth-order valence-electron chi connectivity index (χ4n) is 1.72. The van der Waals surface area contributed by atoms with Gasteiger partial charge < -0.3 is 0 Å². The van der Waals surface area contributed by atoms with E-state index in [0.717, 1.165) is 18.2 Å². The second-order valence-electron chi connectivity index (χ2n) is 4.30. The van der Waals surface area contributed by atoms with Crippen molar-refractivity contribution in [2.24, 2.45) is 4.99 Å². The second-order valence-corrected chi connectivity index (χ2v) is 5.57. The highest BCUT2D eigenvalue weighted by atomic mass is 35.5. The first-order valence-corrected chi connectivity index (χ1v) is 7.80. The lowest BCUT2D eigenvalue weighted by Gasteiger charge is -2.04. The Morgan fingerprint density at radius 3 is 2.55 bits per heavy atom. The summed E-state index contributed by atoms with van der Waals surface area (Å²) in [5.74, 6) is -1.63. The minimum absolute atomic E-state index is 0.0135. The molecule has 0 amide bonds. The van der Waals surface area contributed by atoms with Gasteiger partial charge in [0.15, 0.2) is 5.78 Å². The zero-order chi connectivity index (χ0) is 16.1. The summed E-state index contributed by atoms with van der Waals surface area (Å²) in [5.41, 5.74) is 0.537. The van der Waals surface area contributed by atoms with Crippen LogP contribution in [0.4, 0.5) is 14.5 Å². The third kappa shape index (κ3) is 4.61. The molecule has 0 fully saturated rings. The first-order valence-electron chi connectivity index (χ1n) is 6.20. The lowest BCUT2D eigenvalue weighted by atomic mass is 10.1. The van der Waals surface area contributed by atoms with Crippen LogP contribution in [0.15, 0.2) is 41.5 Å². The number of rotatable bonds is 4. The Kier molecular flexibility index (Phi) is 5.63. The van der Waals surface area contributed by atoms with Crippen molar-refractivity contribution in [1.82, 2.24) is 4.98 Å². The van der Waals surface area contributed by atoms with Crippen molar-refractivity contribution in [1.29, 1.82) is 0 Å². The smallest absolute Gasteiger partial charge is 0.169 e. The Morgan fingerprint density at radius 2 is 1.95 bits per heavy atom. The van der Waals surface area contributed by atoms with Crippen LogP contribution in [0.25, 0.3) is 0 Å². The molecule has 3 nitrogen and oxygen atoms in total. The van der Waals surface area contributed by atoms with Crippen LogP contribution < -0.4 is 0 Å². The van der Waals surface area contributed by atoms with Crippen molar-refractivity contribution in [3.8, 4) is 0 Å². The van der Waals surface area contributed by atoms with Crippen molar-refractivity contribution in [2.75, 3.05) is 6.26 Å². The first-order chi connectivity index (χ1) is 10.5. The molecule has 1 aromatic carbocycles. The van der Waals surface area contributed by atoms with Crippen LogP contribution in [-0.2, 0) is 0 Å². The number of hydrogen-bond acceptors (Lipinski definition) is 4. The van der Waals surface area contributed by atoms with Crippen LogP contribution >= 0.6 is 23.4 Å². The summed E-state index contributed by atoms with van der Waals surface area (Å²) < 4.78 is 26.3. The molecule has 7 heteroatoms. The quantitative estimate of drug-likeness (QED) is 0.351. The topological polar surface area (TPSA) is 42.3 Å². The van der Waals surface area contributed by atoms with Gasteiger partial charge in [0.2, 0.25) is 0 Å². The maximum atomic E-state index is 13.1. The number of carbonyl (C=O) groups is 1. The van der Waals surface area contributed by atoms with Crippen LogP contribution in [0.1, 0.15) is 16.8 Å². The number of Topliss-reactive ketones (excluding diaryl/α,β-unsaturated/α-hetero) is 1. The predicted octanol–water partition coefficient (Wildman–Crippen LogP) is 4.68. The van der Waals surface area contributed by atoms with Gasteiger partial charge in [0.25, 0.3) is 0 Å². The molecule has 0 saturated heterocycles. The number of halogens is 3. The average molecular weight is 341 g/mol. The Balaban J connectivity index is 2.21. The molecule has 2 rings (SSSR count). The fraction of sp³-hybridized carbons (Fsp3) is 0.133. The van der Waals surface area contributed by atoms with Crippen LogP contribution in [0.2, 0.25) is 5.15 Å². The Bertz CT molecular complexity index is 717. The van der Waals surface area contributed by atoms with E-state index in [1.165, 1.54) is 24.0 Å². The summed E-state index contributed by atoms with van der Waals surface area (Å²) in [7, 11) is 0. The second kappa shape index (κ2) is 7.47. The maximum absolute atomic E-state index is 13.1. The molecular weight excluding hydrogens is 330 g/mol. The van der Waals surface area contributed by atoms with Gasteiger partial charge in [-0.1, -0.05) is 11.6 Å². The van der Waals surface area contributed by atoms with Gasteiger partial charge in [-0.2, -0.15) is 0 Å². The largest absolute Gasteiger partial charge is 0.294 e. The number of aliphatic imine (C=N–C) groups is 1. The molecule has 1 aromatic heterocycles. The fourth-order valence-corrected chi connectivity index (χ4v) is 2.37. The minimum atomic E-state index is -0.716. The SMILES string of the molecule is CSC(CC(=O)c1ccnc(Cl)c1)=Nc1cc(F)cc(F)c1. The number of hydrogen-bond donors (Lipinski definition) is 0. The number of carbonyl (C=O) groups excluding carboxylic acids is 1.